The Labute approximate surface area is 140 Å². The van der Waals surface area contributed by atoms with Gasteiger partial charge in [-0.15, -0.1) is 0 Å². The van der Waals surface area contributed by atoms with Crippen molar-refractivity contribution in [2.45, 2.75) is 6.42 Å². The van der Waals surface area contributed by atoms with Gasteiger partial charge in [0.15, 0.2) is 0 Å². The molecular formula is C20H27N3. The fraction of sp³-hybridized carbons (Fsp3) is 0.400. The van der Waals surface area contributed by atoms with Gasteiger partial charge in [0.1, 0.15) is 0 Å². The first-order valence-corrected chi connectivity index (χ1v) is 8.61. The maximum absolute atomic E-state index is 2.59. The zero-order valence-corrected chi connectivity index (χ0v) is 14.1. The van der Waals surface area contributed by atoms with Gasteiger partial charge in [0.05, 0.1) is 0 Å². The second-order valence-electron chi connectivity index (χ2n) is 6.32. The predicted octanol–water partition coefficient (Wildman–Crippen LogP) is 3.46. The third-order valence-electron chi connectivity index (χ3n) is 4.59. The van der Waals surface area contributed by atoms with E-state index in [1.807, 2.05) is 0 Å². The van der Waals surface area contributed by atoms with Crippen LogP contribution in [-0.2, 0) is 0 Å². The zero-order chi connectivity index (χ0) is 15.9. The average Bonchev–Trinajstić information content (AvgIpc) is 2.62. The van der Waals surface area contributed by atoms with Crippen LogP contribution in [0, 0.1) is 0 Å². The lowest BCUT2D eigenvalue weighted by Crippen LogP contribution is -2.45. The minimum atomic E-state index is 1.06. The Morgan fingerprint density at radius 3 is 1.83 bits per heavy atom. The van der Waals surface area contributed by atoms with Crippen LogP contribution < -0.4 is 4.90 Å². The molecule has 0 bridgehead atoms. The van der Waals surface area contributed by atoms with Crippen molar-refractivity contribution in [2.24, 2.45) is 0 Å². The summed E-state index contributed by atoms with van der Waals surface area (Å²) in [6.07, 6.45) is 1.19. The molecule has 3 rings (SSSR count). The van der Waals surface area contributed by atoms with Crippen molar-refractivity contribution < 1.29 is 0 Å². The molecule has 0 unspecified atom stereocenters. The van der Waals surface area contributed by atoms with Crippen LogP contribution in [0.15, 0.2) is 60.7 Å². The van der Waals surface area contributed by atoms with Gasteiger partial charge in [-0.1, -0.05) is 36.4 Å². The van der Waals surface area contributed by atoms with Crippen LogP contribution in [0.4, 0.5) is 11.4 Å². The van der Waals surface area contributed by atoms with Crippen molar-refractivity contribution in [1.82, 2.24) is 9.80 Å². The first-order valence-electron chi connectivity index (χ1n) is 8.61. The SMILES string of the molecule is CN1CCN(CCCN(c2ccccc2)c2ccccc2)CC1. The predicted molar refractivity (Wildman–Crippen MR) is 98.4 cm³/mol. The van der Waals surface area contributed by atoms with E-state index in [9.17, 15) is 0 Å². The van der Waals surface area contributed by atoms with Gasteiger partial charge in [-0.3, -0.25) is 0 Å². The summed E-state index contributed by atoms with van der Waals surface area (Å²) in [5, 5.41) is 0. The standard InChI is InChI=1S/C20H27N3/c1-21-15-17-22(18-16-21)13-8-14-23(19-9-4-2-5-10-19)20-11-6-3-7-12-20/h2-7,9-12H,8,13-18H2,1H3. The van der Waals surface area contributed by atoms with E-state index in [4.69, 9.17) is 0 Å². The van der Waals surface area contributed by atoms with E-state index in [1.165, 1.54) is 50.5 Å². The van der Waals surface area contributed by atoms with Gasteiger partial charge in [-0.2, -0.15) is 0 Å². The Hall–Kier alpha value is -1.84. The van der Waals surface area contributed by atoms with E-state index in [2.05, 4.69) is 82.4 Å². The minimum Gasteiger partial charge on any atom is -0.341 e. The van der Waals surface area contributed by atoms with Gasteiger partial charge in [-0.05, 0) is 44.3 Å². The molecule has 0 atom stereocenters. The topological polar surface area (TPSA) is 9.72 Å². The van der Waals surface area contributed by atoms with E-state index in [-0.39, 0.29) is 0 Å². The monoisotopic (exact) mass is 309 g/mol. The van der Waals surface area contributed by atoms with E-state index >= 15 is 0 Å². The van der Waals surface area contributed by atoms with Gasteiger partial charge in [0.2, 0.25) is 0 Å². The number of hydrogen-bond donors (Lipinski definition) is 0. The molecule has 3 nitrogen and oxygen atoms in total. The number of benzene rings is 2. The Morgan fingerprint density at radius 2 is 1.30 bits per heavy atom. The molecular weight excluding hydrogens is 282 g/mol. The highest BCUT2D eigenvalue weighted by molar-refractivity contribution is 5.62. The van der Waals surface area contributed by atoms with Crippen molar-refractivity contribution in [2.75, 3.05) is 51.2 Å². The van der Waals surface area contributed by atoms with Crippen molar-refractivity contribution in [3.8, 4) is 0 Å². The van der Waals surface area contributed by atoms with Crippen LogP contribution in [0.5, 0.6) is 0 Å². The molecule has 0 spiro atoms. The third-order valence-corrected chi connectivity index (χ3v) is 4.59. The summed E-state index contributed by atoms with van der Waals surface area (Å²) in [5.41, 5.74) is 2.55. The number of anilines is 2. The lowest BCUT2D eigenvalue weighted by Gasteiger charge is -2.33. The average molecular weight is 309 g/mol. The van der Waals surface area contributed by atoms with Crippen LogP contribution in [0.3, 0.4) is 0 Å². The van der Waals surface area contributed by atoms with Crippen molar-refractivity contribution in [1.29, 1.82) is 0 Å². The van der Waals surface area contributed by atoms with E-state index in [1.54, 1.807) is 0 Å². The first-order chi connectivity index (χ1) is 11.3. The molecule has 0 radical (unpaired) electrons. The van der Waals surface area contributed by atoms with Gasteiger partial charge in [0, 0.05) is 44.1 Å². The highest BCUT2D eigenvalue weighted by Crippen LogP contribution is 2.24. The van der Waals surface area contributed by atoms with E-state index in [0.717, 1.165) is 6.54 Å². The summed E-state index contributed by atoms with van der Waals surface area (Å²) in [6.45, 7) is 7.03. The normalized spacial score (nSPS) is 16.4. The molecule has 1 aliphatic heterocycles. The molecule has 0 aliphatic carbocycles. The van der Waals surface area contributed by atoms with Gasteiger partial charge < -0.3 is 14.7 Å². The molecule has 23 heavy (non-hydrogen) atoms. The number of piperazine rings is 1. The maximum Gasteiger partial charge on any atom is 0.0410 e. The first kappa shape index (κ1) is 16.0. The fourth-order valence-corrected chi connectivity index (χ4v) is 3.15. The van der Waals surface area contributed by atoms with E-state index < -0.39 is 0 Å². The second-order valence-corrected chi connectivity index (χ2v) is 6.32. The molecule has 1 saturated heterocycles. The Kier molecular flexibility index (Phi) is 5.67. The summed E-state index contributed by atoms with van der Waals surface area (Å²) < 4.78 is 0. The molecule has 3 heteroatoms. The van der Waals surface area contributed by atoms with Crippen LogP contribution in [-0.4, -0.2) is 56.1 Å². The number of para-hydroxylation sites is 2. The van der Waals surface area contributed by atoms with Crippen LogP contribution in [0.1, 0.15) is 6.42 Å². The highest BCUT2D eigenvalue weighted by atomic mass is 15.2. The molecule has 1 aliphatic rings. The number of hydrogen-bond acceptors (Lipinski definition) is 3. The highest BCUT2D eigenvalue weighted by Gasteiger charge is 2.14. The van der Waals surface area contributed by atoms with Gasteiger partial charge >= 0.3 is 0 Å². The van der Waals surface area contributed by atoms with Gasteiger partial charge in [0.25, 0.3) is 0 Å². The van der Waals surface area contributed by atoms with Gasteiger partial charge in [-0.25, -0.2) is 0 Å². The third kappa shape index (κ3) is 4.57. The smallest absolute Gasteiger partial charge is 0.0410 e. The van der Waals surface area contributed by atoms with Crippen LogP contribution in [0.25, 0.3) is 0 Å². The molecule has 0 aromatic heterocycles. The molecule has 0 N–H and O–H groups in total. The Bertz CT molecular complexity index is 522. The number of rotatable bonds is 6. The summed E-state index contributed by atoms with van der Waals surface area (Å²) in [5.74, 6) is 0. The lowest BCUT2D eigenvalue weighted by molar-refractivity contribution is 0.153. The van der Waals surface area contributed by atoms with Crippen molar-refractivity contribution >= 4 is 11.4 Å². The molecule has 122 valence electrons. The quantitative estimate of drug-likeness (QED) is 0.809. The van der Waals surface area contributed by atoms with Crippen LogP contribution >= 0.6 is 0 Å². The largest absolute Gasteiger partial charge is 0.341 e. The second kappa shape index (κ2) is 8.14. The fourth-order valence-electron chi connectivity index (χ4n) is 3.15. The molecule has 2 aromatic carbocycles. The summed E-state index contributed by atoms with van der Waals surface area (Å²) in [4.78, 5) is 7.43. The van der Waals surface area contributed by atoms with E-state index in [0.29, 0.717) is 0 Å². The van der Waals surface area contributed by atoms with Crippen molar-refractivity contribution in [3.05, 3.63) is 60.7 Å². The molecule has 0 amide bonds. The summed E-state index contributed by atoms with van der Waals surface area (Å²) in [7, 11) is 2.21. The number of nitrogens with zero attached hydrogens (tertiary/aromatic N) is 3. The number of likely N-dealkylation sites (N-methyl/N-ethyl adjacent to an activating group) is 1. The van der Waals surface area contributed by atoms with Crippen LogP contribution in [0.2, 0.25) is 0 Å². The summed E-state index contributed by atoms with van der Waals surface area (Å²) in [6, 6.07) is 21.4. The Balaban J connectivity index is 1.61. The minimum absolute atomic E-state index is 1.06. The lowest BCUT2D eigenvalue weighted by atomic mass is 10.2. The molecule has 2 aromatic rings. The van der Waals surface area contributed by atoms with Crippen molar-refractivity contribution in [3.63, 3.8) is 0 Å². The molecule has 1 fully saturated rings. The molecule has 1 heterocycles. The Morgan fingerprint density at radius 1 is 0.783 bits per heavy atom. The summed E-state index contributed by atoms with van der Waals surface area (Å²) >= 11 is 0. The maximum atomic E-state index is 2.59. The molecule has 0 saturated carbocycles. The zero-order valence-electron chi connectivity index (χ0n) is 14.1.